The number of aliphatic hydroxyl groups excluding tert-OH is 1. The number of aliphatic carboxylic acids is 1. The Balaban J connectivity index is 1.94. The highest BCUT2D eigenvalue weighted by Gasteiger charge is 2.60. The van der Waals surface area contributed by atoms with Crippen LogP contribution in [-0.4, -0.2) is 103 Å². The molecule has 1 aliphatic heterocycles. The maximum absolute atomic E-state index is 12.8. The summed E-state index contributed by atoms with van der Waals surface area (Å²) in [5.41, 5.74) is -1.74. The summed E-state index contributed by atoms with van der Waals surface area (Å²) >= 11 is 0. The second kappa shape index (κ2) is 10.8. The zero-order chi connectivity index (χ0) is 26.8. The first kappa shape index (κ1) is 29.0. The number of sulfonamides is 1. The van der Waals surface area contributed by atoms with Gasteiger partial charge in [-0.15, -0.1) is 6.58 Å². The van der Waals surface area contributed by atoms with Crippen LogP contribution in [0.1, 0.15) is 40.0 Å². The topological polar surface area (TPSA) is 168 Å². The third kappa shape index (κ3) is 7.15. The molecule has 3 unspecified atom stereocenters. The second-order valence-electron chi connectivity index (χ2n) is 10.5. The molecule has 0 aromatic carbocycles. The minimum atomic E-state index is -3.44. The first-order valence-corrected chi connectivity index (χ1v) is 13.4. The number of nitrogens with one attached hydrogen (secondary N) is 3. The van der Waals surface area contributed by atoms with E-state index >= 15 is 0 Å². The number of hydrogen-bond donors (Lipinski definition) is 5. The maximum atomic E-state index is 12.8. The van der Waals surface area contributed by atoms with Gasteiger partial charge in [0.1, 0.15) is 11.8 Å². The molecule has 0 aromatic rings. The number of aliphatic hydroxyl groups is 1. The summed E-state index contributed by atoms with van der Waals surface area (Å²) in [7, 11) is -2.01. The summed E-state index contributed by atoms with van der Waals surface area (Å²) in [5, 5.41) is 28.3. The Bertz CT molecular complexity index is 935. The highest BCUT2D eigenvalue weighted by Crippen LogP contribution is 2.45. The molecule has 1 saturated heterocycles. The van der Waals surface area contributed by atoms with Crippen LogP contribution in [0.3, 0.4) is 0 Å². The average molecular weight is 518 g/mol. The van der Waals surface area contributed by atoms with Crippen LogP contribution in [0.5, 0.6) is 0 Å². The first-order valence-electron chi connectivity index (χ1n) is 11.6. The van der Waals surface area contributed by atoms with Gasteiger partial charge in [-0.05, 0) is 24.7 Å². The van der Waals surface area contributed by atoms with Crippen molar-refractivity contribution in [1.82, 2.24) is 25.2 Å². The largest absolute Gasteiger partial charge is 0.480 e. The second-order valence-corrected chi connectivity index (χ2v) is 12.6. The van der Waals surface area contributed by atoms with Gasteiger partial charge in [0, 0.05) is 32.1 Å². The van der Waals surface area contributed by atoms with Gasteiger partial charge in [-0.2, -0.15) is 0 Å². The van der Waals surface area contributed by atoms with E-state index in [4.69, 9.17) is 0 Å². The Labute approximate surface area is 207 Å². The zero-order valence-corrected chi connectivity index (χ0v) is 21.9. The lowest BCUT2D eigenvalue weighted by atomic mass is 9.87. The van der Waals surface area contributed by atoms with Crippen molar-refractivity contribution in [2.75, 3.05) is 32.9 Å². The number of carboxylic acid groups (broad SMARTS) is 1. The summed E-state index contributed by atoms with van der Waals surface area (Å²) in [5.74, 6) is -1.79. The van der Waals surface area contributed by atoms with Gasteiger partial charge >= 0.3 is 12.0 Å². The molecule has 0 radical (unpaired) electrons. The average Bonchev–Trinajstić information content (AvgIpc) is 3.22. The molecule has 12 nitrogen and oxygen atoms in total. The smallest absolute Gasteiger partial charge is 0.324 e. The van der Waals surface area contributed by atoms with E-state index in [0.29, 0.717) is 25.8 Å². The van der Waals surface area contributed by atoms with Gasteiger partial charge in [0.15, 0.2) is 0 Å². The Morgan fingerprint density at radius 2 is 1.94 bits per heavy atom. The zero-order valence-electron chi connectivity index (χ0n) is 21.1. The van der Waals surface area contributed by atoms with Crippen molar-refractivity contribution in [3.63, 3.8) is 0 Å². The normalized spacial score (nSPS) is 26.2. The summed E-state index contributed by atoms with van der Waals surface area (Å²) < 4.78 is 24.7. The predicted octanol–water partition coefficient (Wildman–Crippen LogP) is -0.480. The van der Waals surface area contributed by atoms with Crippen LogP contribution >= 0.6 is 0 Å². The number of rotatable bonds is 11. The van der Waals surface area contributed by atoms with Crippen molar-refractivity contribution in [1.29, 1.82) is 0 Å². The Kier molecular flexibility index (Phi) is 8.96. The summed E-state index contributed by atoms with van der Waals surface area (Å²) in [6, 6.07) is -1.77. The fourth-order valence-corrected chi connectivity index (χ4v) is 4.65. The molecule has 0 aromatic heterocycles. The monoisotopic (exact) mass is 517 g/mol. The first-order chi connectivity index (χ1) is 16.0. The van der Waals surface area contributed by atoms with Gasteiger partial charge in [-0.1, -0.05) is 26.8 Å². The molecule has 0 spiro atoms. The third-order valence-electron chi connectivity index (χ3n) is 6.83. The van der Waals surface area contributed by atoms with E-state index in [-0.39, 0.29) is 19.0 Å². The molecular weight excluding hydrogens is 478 g/mol. The number of carbonyl (C=O) groups excluding carboxylic acids is 2. The fourth-order valence-electron chi connectivity index (χ4n) is 4.23. The van der Waals surface area contributed by atoms with Crippen LogP contribution in [0.4, 0.5) is 4.79 Å². The van der Waals surface area contributed by atoms with E-state index in [0.717, 1.165) is 10.6 Å². The van der Waals surface area contributed by atoms with Crippen LogP contribution in [0, 0.1) is 11.3 Å². The Morgan fingerprint density at radius 3 is 2.43 bits per heavy atom. The number of likely N-dealkylation sites (N-methyl/N-ethyl adjacent to an activating group) is 1. The van der Waals surface area contributed by atoms with E-state index in [1.807, 2.05) is 20.8 Å². The van der Waals surface area contributed by atoms with E-state index < -0.39 is 57.2 Å². The van der Waals surface area contributed by atoms with Crippen molar-refractivity contribution >= 4 is 27.9 Å². The van der Waals surface area contributed by atoms with Gasteiger partial charge < -0.3 is 25.7 Å². The molecule has 13 heteroatoms. The minimum absolute atomic E-state index is 0.0623. The van der Waals surface area contributed by atoms with Crippen LogP contribution in [0.25, 0.3) is 0 Å². The number of urea groups is 1. The van der Waals surface area contributed by atoms with Crippen molar-refractivity contribution in [2.45, 2.75) is 63.9 Å². The van der Waals surface area contributed by atoms with Gasteiger partial charge in [-0.25, -0.2) is 17.5 Å². The van der Waals surface area contributed by atoms with E-state index in [2.05, 4.69) is 22.5 Å². The molecule has 2 fully saturated rings. The van der Waals surface area contributed by atoms with E-state index in [1.54, 1.807) is 0 Å². The van der Waals surface area contributed by atoms with E-state index in [1.165, 1.54) is 18.0 Å². The van der Waals surface area contributed by atoms with Crippen LogP contribution in [-0.2, 0) is 19.6 Å². The Hall–Kier alpha value is -2.22. The molecule has 1 heterocycles. The molecule has 35 heavy (non-hydrogen) atoms. The number of nitrogens with zero attached hydrogens (tertiary/aromatic N) is 2. The van der Waals surface area contributed by atoms with Crippen molar-refractivity contribution < 1.29 is 33.0 Å². The SMILES string of the molecule is C=CC1C[C@]1(NC(O)[C@@H]1CCCN1C(=O)CNC(=O)NC(CN(C)S(C)(=O)=O)C(C)(C)C)C(=O)O. The standard InChI is InChI=1S/C22H39N5O7S/c1-7-14-11-22(14,19(30)31)25-18(29)15-9-8-10-27(15)17(28)12-23-20(32)24-16(21(2,3)4)13-26(5)35(6,33)34/h7,14-16,18,25,29H,1,8-13H2,2-6H3,(H,30,31)(H2,23,24,32)/t14?,15-,16?,18?,22+/m0/s1. The summed E-state index contributed by atoms with van der Waals surface area (Å²) in [6.45, 7) is 9.33. The quantitative estimate of drug-likeness (QED) is 0.181. The summed E-state index contributed by atoms with van der Waals surface area (Å²) in [4.78, 5) is 38.5. The maximum Gasteiger partial charge on any atom is 0.324 e. The fraction of sp³-hybridized carbons (Fsp3) is 0.773. The number of likely N-dealkylation sites (tertiary alicyclic amines) is 1. The van der Waals surface area contributed by atoms with Crippen molar-refractivity contribution in [2.24, 2.45) is 11.3 Å². The molecule has 200 valence electrons. The molecule has 1 saturated carbocycles. The minimum Gasteiger partial charge on any atom is -0.480 e. The lowest BCUT2D eigenvalue weighted by molar-refractivity contribution is -0.143. The van der Waals surface area contributed by atoms with Gasteiger partial charge in [0.25, 0.3) is 0 Å². The van der Waals surface area contributed by atoms with Gasteiger partial charge in [0.05, 0.1) is 18.8 Å². The lowest BCUT2D eigenvalue weighted by Crippen LogP contribution is -2.57. The van der Waals surface area contributed by atoms with Crippen LogP contribution in [0.2, 0.25) is 0 Å². The number of carbonyl (C=O) groups is 3. The van der Waals surface area contributed by atoms with Crippen molar-refractivity contribution in [3.8, 4) is 0 Å². The predicted molar refractivity (Wildman–Crippen MR) is 130 cm³/mol. The Morgan fingerprint density at radius 1 is 1.31 bits per heavy atom. The molecule has 0 bridgehead atoms. The summed E-state index contributed by atoms with van der Waals surface area (Å²) in [6.07, 6.45) is 2.82. The van der Waals surface area contributed by atoms with Gasteiger partial charge in [0.2, 0.25) is 15.9 Å². The van der Waals surface area contributed by atoms with Gasteiger partial charge in [-0.3, -0.25) is 14.9 Å². The van der Waals surface area contributed by atoms with E-state index in [9.17, 15) is 33.0 Å². The number of hydrogen-bond acceptors (Lipinski definition) is 7. The molecule has 3 amide bonds. The molecule has 5 atom stereocenters. The van der Waals surface area contributed by atoms with Crippen LogP contribution < -0.4 is 16.0 Å². The number of amides is 3. The highest BCUT2D eigenvalue weighted by atomic mass is 32.2. The third-order valence-corrected chi connectivity index (χ3v) is 8.11. The molecular formula is C22H39N5O7S. The molecule has 2 aliphatic rings. The molecule has 1 aliphatic carbocycles. The molecule has 5 N–H and O–H groups in total. The van der Waals surface area contributed by atoms with Crippen molar-refractivity contribution in [3.05, 3.63) is 12.7 Å². The highest BCUT2D eigenvalue weighted by molar-refractivity contribution is 7.88. The number of carboxylic acids is 1. The lowest BCUT2D eigenvalue weighted by Gasteiger charge is -2.34. The van der Waals surface area contributed by atoms with Crippen LogP contribution in [0.15, 0.2) is 12.7 Å². The molecule has 2 rings (SSSR count).